The molecule has 0 amide bonds. The second kappa shape index (κ2) is 8.19. The summed E-state index contributed by atoms with van der Waals surface area (Å²) in [5.74, 6) is 1.84. The lowest BCUT2D eigenvalue weighted by molar-refractivity contribution is 0.101. The van der Waals surface area contributed by atoms with Crippen LogP contribution in [-0.2, 0) is 6.61 Å². The van der Waals surface area contributed by atoms with Crippen LogP contribution in [0.1, 0.15) is 21.5 Å². The van der Waals surface area contributed by atoms with Crippen molar-refractivity contribution in [1.82, 2.24) is 0 Å². The standard InChI is InChI=1S/C23H16Cl2O4/c1-27-20-5-3-2-4-15(20)13-28-16-7-8-17-21(12-16)29-22(23(17)26)11-14-6-9-18(24)19(25)10-14/h2-12H,13H2,1H3/b22-11-. The van der Waals surface area contributed by atoms with Crippen LogP contribution in [0.3, 0.4) is 0 Å². The second-order valence-corrected chi connectivity index (χ2v) is 7.19. The van der Waals surface area contributed by atoms with Crippen molar-refractivity contribution in [1.29, 1.82) is 0 Å². The molecule has 1 aliphatic heterocycles. The van der Waals surface area contributed by atoms with Crippen LogP contribution in [0.4, 0.5) is 0 Å². The number of hydrogen-bond acceptors (Lipinski definition) is 4. The molecule has 3 aromatic carbocycles. The minimum Gasteiger partial charge on any atom is -0.496 e. The van der Waals surface area contributed by atoms with Gasteiger partial charge in [-0.3, -0.25) is 4.79 Å². The molecule has 0 bridgehead atoms. The van der Waals surface area contributed by atoms with E-state index in [0.717, 1.165) is 16.9 Å². The largest absolute Gasteiger partial charge is 0.496 e. The van der Waals surface area contributed by atoms with Crippen LogP contribution in [0.25, 0.3) is 6.08 Å². The number of carbonyl (C=O) groups excluding carboxylic acids is 1. The Hall–Kier alpha value is -2.95. The fraction of sp³-hybridized carbons (Fsp3) is 0.0870. The molecule has 0 atom stereocenters. The number of methoxy groups -OCH3 is 1. The summed E-state index contributed by atoms with van der Waals surface area (Å²) in [6, 6.07) is 17.9. The summed E-state index contributed by atoms with van der Waals surface area (Å²) in [5, 5.41) is 0.864. The Bertz CT molecular complexity index is 1120. The molecule has 4 nitrogen and oxygen atoms in total. The predicted octanol–water partition coefficient (Wildman–Crippen LogP) is 6.20. The zero-order valence-corrected chi connectivity index (χ0v) is 17.0. The predicted molar refractivity (Wildman–Crippen MR) is 113 cm³/mol. The van der Waals surface area contributed by atoms with Gasteiger partial charge >= 0.3 is 0 Å². The van der Waals surface area contributed by atoms with Gasteiger partial charge in [0.1, 0.15) is 23.9 Å². The molecule has 3 aromatic rings. The van der Waals surface area contributed by atoms with Crippen molar-refractivity contribution in [3.05, 3.63) is 93.2 Å². The highest BCUT2D eigenvalue weighted by Gasteiger charge is 2.27. The van der Waals surface area contributed by atoms with Gasteiger partial charge in [0.15, 0.2) is 5.76 Å². The summed E-state index contributed by atoms with van der Waals surface area (Å²) >= 11 is 12.0. The van der Waals surface area contributed by atoms with Crippen LogP contribution in [-0.4, -0.2) is 12.9 Å². The Kier molecular flexibility index (Phi) is 5.47. The van der Waals surface area contributed by atoms with E-state index in [1.54, 1.807) is 49.6 Å². The topological polar surface area (TPSA) is 44.8 Å². The average Bonchev–Trinajstić information content (AvgIpc) is 3.04. The van der Waals surface area contributed by atoms with Crippen molar-refractivity contribution < 1.29 is 19.0 Å². The van der Waals surface area contributed by atoms with Gasteiger partial charge in [0, 0.05) is 11.6 Å². The van der Waals surface area contributed by atoms with Crippen molar-refractivity contribution >= 4 is 35.1 Å². The minimum atomic E-state index is -0.192. The molecule has 0 N–H and O–H groups in total. The molecule has 1 aliphatic rings. The lowest BCUT2D eigenvalue weighted by Gasteiger charge is -2.10. The molecule has 0 radical (unpaired) electrons. The van der Waals surface area contributed by atoms with E-state index in [1.807, 2.05) is 24.3 Å². The first-order chi connectivity index (χ1) is 14.0. The van der Waals surface area contributed by atoms with Crippen molar-refractivity contribution in [2.75, 3.05) is 7.11 Å². The molecule has 1 heterocycles. The van der Waals surface area contributed by atoms with E-state index in [4.69, 9.17) is 37.4 Å². The summed E-state index contributed by atoms with van der Waals surface area (Å²) in [6.45, 7) is 0.336. The fourth-order valence-corrected chi connectivity index (χ4v) is 3.30. The number of para-hydroxylation sites is 1. The number of benzene rings is 3. The summed E-state index contributed by atoms with van der Waals surface area (Å²) in [5.41, 5.74) is 2.14. The number of fused-ring (bicyclic) bond motifs is 1. The molecule has 0 unspecified atom stereocenters. The van der Waals surface area contributed by atoms with Gasteiger partial charge < -0.3 is 14.2 Å². The van der Waals surface area contributed by atoms with Crippen LogP contribution in [0.5, 0.6) is 17.2 Å². The maximum atomic E-state index is 12.6. The first-order valence-electron chi connectivity index (χ1n) is 8.83. The third-order valence-electron chi connectivity index (χ3n) is 4.47. The highest BCUT2D eigenvalue weighted by atomic mass is 35.5. The third-order valence-corrected chi connectivity index (χ3v) is 5.21. The van der Waals surface area contributed by atoms with E-state index >= 15 is 0 Å². The second-order valence-electron chi connectivity index (χ2n) is 6.37. The highest BCUT2D eigenvalue weighted by molar-refractivity contribution is 6.42. The van der Waals surface area contributed by atoms with E-state index in [9.17, 15) is 4.79 Å². The first kappa shape index (κ1) is 19.4. The minimum absolute atomic E-state index is 0.192. The van der Waals surface area contributed by atoms with Crippen LogP contribution in [0.2, 0.25) is 10.0 Å². The molecule has 0 aromatic heterocycles. The van der Waals surface area contributed by atoms with Gasteiger partial charge in [0.2, 0.25) is 5.78 Å². The quantitative estimate of drug-likeness (QED) is 0.455. The lowest BCUT2D eigenvalue weighted by Crippen LogP contribution is -1.99. The monoisotopic (exact) mass is 426 g/mol. The number of carbonyl (C=O) groups is 1. The van der Waals surface area contributed by atoms with Gasteiger partial charge in [-0.25, -0.2) is 0 Å². The zero-order chi connectivity index (χ0) is 20.4. The van der Waals surface area contributed by atoms with Crippen LogP contribution < -0.4 is 14.2 Å². The molecule has 146 valence electrons. The molecule has 0 spiro atoms. The molecule has 29 heavy (non-hydrogen) atoms. The first-order valence-corrected chi connectivity index (χ1v) is 9.59. The zero-order valence-electron chi connectivity index (χ0n) is 15.4. The summed E-state index contributed by atoms with van der Waals surface area (Å²) in [6.07, 6.45) is 1.64. The molecule has 0 fully saturated rings. The van der Waals surface area contributed by atoms with Crippen molar-refractivity contribution in [3.8, 4) is 17.2 Å². The van der Waals surface area contributed by atoms with Crippen molar-refractivity contribution in [2.45, 2.75) is 6.61 Å². The summed E-state index contributed by atoms with van der Waals surface area (Å²) in [7, 11) is 1.62. The van der Waals surface area contributed by atoms with Crippen LogP contribution >= 0.6 is 23.2 Å². The van der Waals surface area contributed by atoms with Gasteiger partial charge in [0.05, 0.1) is 22.7 Å². The van der Waals surface area contributed by atoms with Gasteiger partial charge in [0.25, 0.3) is 0 Å². The van der Waals surface area contributed by atoms with E-state index in [2.05, 4.69) is 0 Å². The van der Waals surface area contributed by atoms with Crippen LogP contribution in [0, 0.1) is 0 Å². The SMILES string of the molecule is COc1ccccc1COc1ccc2c(c1)O/C(=C\c1ccc(Cl)c(Cl)c1)C2=O. The van der Waals surface area contributed by atoms with Gasteiger partial charge in [-0.05, 0) is 42.0 Å². The maximum absolute atomic E-state index is 12.6. The maximum Gasteiger partial charge on any atom is 0.231 e. The summed E-state index contributed by atoms with van der Waals surface area (Å²) < 4.78 is 17.0. The fourth-order valence-electron chi connectivity index (χ4n) is 2.99. The Labute approximate surface area is 178 Å². The number of hydrogen-bond donors (Lipinski definition) is 0. The Morgan fingerprint density at radius 2 is 1.83 bits per heavy atom. The van der Waals surface area contributed by atoms with E-state index in [0.29, 0.717) is 33.7 Å². The molecule has 0 saturated heterocycles. The Morgan fingerprint density at radius 3 is 2.62 bits per heavy atom. The molecule has 6 heteroatoms. The normalized spacial score (nSPS) is 13.9. The summed E-state index contributed by atoms with van der Waals surface area (Å²) in [4.78, 5) is 12.6. The Balaban J connectivity index is 1.52. The Morgan fingerprint density at radius 1 is 1.00 bits per heavy atom. The van der Waals surface area contributed by atoms with Gasteiger partial charge in [-0.1, -0.05) is 47.5 Å². The van der Waals surface area contributed by atoms with E-state index < -0.39 is 0 Å². The lowest BCUT2D eigenvalue weighted by atomic mass is 10.1. The van der Waals surface area contributed by atoms with E-state index in [1.165, 1.54) is 0 Å². The molecular formula is C23H16Cl2O4. The average molecular weight is 427 g/mol. The molecule has 0 saturated carbocycles. The highest BCUT2D eigenvalue weighted by Crippen LogP contribution is 2.35. The smallest absolute Gasteiger partial charge is 0.231 e. The number of halogens is 2. The number of Topliss-reactive ketones (excluding diaryl/α,β-unsaturated/α-hetero) is 1. The van der Waals surface area contributed by atoms with Crippen molar-refractivity contribution in [3.63, 3.8) is 0 Å². The number of allylic oxidation sites excluding steroid dienone is 1. The molecule has 0 aliphatic carbocycles. The molecule has 4 rings (SSSR count). The van der Waals surface area contributed by atoms with Gasteiger partial charge in [-0.2, -0.15) is 0 Å². The van der Waals surface area contributed by atoms with Crippen molar-refractivity contribution in [2.24, 2.45) is 0 Å². The van der Waals surface area contributed by atoms with Crippen LogP contribution in [0.15, 0.2) is 66.4 Å². The molecular weight excluding hydrogens is 411 g/mol. The van der Waals surface area contributed by atoms with Gasteiger partial charge in [-0.15, -0.1) is 0 Å². The number of rotatable bonds is 5. The third kappa shape index (κ3) is 4.09. The number of ketones is 1. The number of ether oxygens (including phenoxy) is 3. The van der Waals surface area contributed by atoms with E-state index in [-0.39, 0.29) is 11.5 Å².